The van der Waals surface area contributed by atoms with Crippen LogP contribution in [0.5, 0.6) is 17.4 Å². The van der Waals surface area contributed by atoms with Gasteiger partial charge in [0.25, 0.3) is 0 Å². The van der Waals surface area contributed by atoms with E-state index in [1.807, 2.05) is 36.4 Å². The van der Waals surface area contributed by atoms with Gasteiger partial charge in [0.15, 0.2) is 5.96 Å². The number of aromatic nitrogens is 1. The van der Waals surface area contributed by atoms with E-state index in [0.717, 1.165) is 30.8 Å². The van der Waals surface area contributed by atoms with Crippen molar-refractivity contribution in [1.29, 1.82) is 0 Å². The average molecular weight is 412 g/mol. The molecule has 1 aromatic heterocycles. The van der Waals surface area contributed by atoms with Crippen molar-refractivity contribution < 1.29 is 9.47 Å². The van der Waals surface area contributed by atoms with E-state index in [9.17, 15) is 0 Å². The van der Waals surface area contributed by atoms with Crippen LogP contribution in [0.3, 0.4) is 0 Å². The molecule has 1 atom stereocenters. The van der Waals surface area contributed by atoms with E-state index in [0.29, 0.717) is 36.8 Å². The number of nitrogens with zero attached hydrogens (tertiary/aromatic N) is 3. The maximum absolute atomic E-state index is 6.09. The molecule has 2 heterocycles. The SMILES string of the molecule is CCCOc1ccc(Oc2ncccc2CN=C(N)NCC2CCCN2CC)cc1. The van der Waals surface area contributed by atoms with Crippen molar-refractivity contribution in [3.8, 4) is 17.4 Å². The molecule has 2 aromatic rings. The fourth-order valence-electron chi connectivity index (χ4n) is 3.56. The molecule has 0 aliphatic carbocycles. The molecular formula is C23H33N5O2. The van der Waals surface area contributed by atoms with Gasteiger partial charge in [0.1, 0.15) is 11.5 Å². The third-order valence-electron chi connectivity index (χ3n) is 5.20. The normalized spacial score (nSPS) is 17.1. The predicted octanol–water partition coefficient (Wildman–Crippen LogP) is 3.55. The summed E-state index contributed by atoms with van der Waals surface area (Å²) in [6, 6.07) is 11.9. The molecule has 1 fully saturated rings. The van der Waals surface area contributed by atoms with E-state index in [1.165, 1.54) is 19.4 Å². The Labute approximate surface area is 179 Å². The molecule has 162 valence electrons. The number of rotatable bonds is 10. The molecule has 3 rings (SSSR count). The summed E-state index contributed by atoms with van der Waals surface area (Å²) in [5, 5.41) is 3.26. The van der Waals surface area contributed by atoms with Crippen LogP contribution >= 0.6 is 0 Å². The van der Waals surface area contributed by atoms with Gasteiger partial charge in [-0.2, -0.15) is 0 Å². The van der Waals surface area contributed by atoms with Gasteiger partial charge >= 0.3 is 0 Å². The van der Waals surface area contributed by atoms with Gasteiger partial charge in [0, 0.05) is 24.3 Å². The second-order valence-corrected chi connectivity index (χ2v) is 7.40. The molecule has 7 heteroatoms. The minimum absolute atomic E-state index is 0.405. The van der Waals surface area contributed by atoms with Crippen molar-refractivity contribution in [2.75, 3.05) is 26.2 Å². The first-order chi connectivity index (χ1) is 14.7. The van der Waals surface area contributed by atoms with Crippen LogP contribution < -0.4 is 20.5 Å². The smallest absolute Gasteiger partial charge is 0.224 e. The van der Waals surface area contributed by atoms with Crippen LogP contribution in [-0.4, -0.2) is 48.1 Å². The van der Waals surface area contributed by atoms with Gasteiger partial charge in [0.2, 0.25) is 5.88 Å². The highest BCUT2D eigenvalue weighted by Gasteiger charge is 2.22. The second-order valence-electron chi connectivity index (χ2n) is 7.40. The summed E-state index contributed by atoms with van der Waals surface area (Å²) >= 11 is 0. The van der Waals surface area contributed by atoms with Gasteiger partial charge in [-0.1, -0.05) is 19.9 Å². The Hall–Kier alpha value is -2.80. The molecule has 1 aromatic carbocycles. The number of nitrogens with one attached hydrogen (secondary N) is 1. The van der Waals surface area contributed by atoms with Crippen LogP contribution in [0, 0.1) is 0 Å². The third kappa shape index (κ3) is 6.35. The Balaban J connectivity index is 1.56. The third-order valence-corrected chi connectivity index (χ3v) is 5.20. The fraction of sp³-hybridized carbons (Fsp3) is 0.478. The zero-order valence-electron chi connectivity index (χ0n) is 18.0. The highest BCUT2D eigenvalue weighted by molar-refractivity contribution is 5.77. The van der Waals surface area contributed by atoms with Crippen LogP contribution in [0.15, 0.2) is 47.6 Å². The van der Waals surface area contributed by atoms with Crippen LogP contribution in [0.2, 0.25) is 0 Å². The lowest BCUT2D eigenvalue weighted by atomic mass is 10.2. The minimum atomic E-state index is 0.405. The number of ether oxygens (including phenoxy) is 2. The lowest BCUT2D eigenvalue weighted by molar-refractivity contribution is 0.267. The maximum atomic E-state index is 6.09. The topological polar surface area (TPSA) is 85.0 Å². The highest BCUT2D eigenvalue weighted by atomic mass is 16.5. The van der Waals surface area contributed by atoms with Crippen LogP contribution in [0.25, 0.3) is 0 Å². The number of guanidine groups is 1. The molecule has 0 radical (unpaired) electrons. The highest BCUT2D eigenvalue weighted by Crippen LogP contribution is 2.25. The quantitative estimate of drug-likeness (QED) is 0.459. The van der Waals surface area contributed by atoms with Crippen molar-refractivity contribution in [2.24, 2.45) is 10.7 Å². The van der Waals surface area contributed by atoms with Gasteiger partial charge in [-0.05, 0) is 62.7 Å². The first kappa shape index (κ1) is 21.9. The van der Waals surface area contributed by atoms with Gasteiger partial charge < -0.3 is 20.5 Å². The summed E-state index contributed by atoms with van der Waals surface area (Å²) < 4.78 is 11.6. The second kappa shape index (κ2) is 11.4. The van der Waals surface area contributed by atoms with E-state index in [-0.39, 0.29) is 0 Å². The molecule has 1 aliphatic heterocycles. The van der Waals surface area contributed by atoms with Gasteiger partial charge in [-0.25, -0.2) is 9.98 Å². The summed E-state index contributed by atoms with van der Waals surface area (Å²) in [5.41, 5.74) is 6.97. The predicted molar refractivity (Wildman–Crippen MR) is 120 cm³/mol. The van der Waals surface area contributed by atoms with E-state index in [4.69, 9.17) is 15.2 Å². The lowest BCUT2D eigenvalue weighted by Crippen LogP contribution is -2.42. The van der Waals surface area contributed by atoms with E-state index >= 15 is 0 Å². The minimum Gasteiger partial charge on any atom is -0.494 e. The molecule has 1 saturated heterocycles. The summed E-state index contributed by atoms with van der Waals surface area (Å²) in [6.07, 6.45) is 5.14. The number of likely N-dealkylation sites (tertiary alicyclic amines) is 1. The molecule has 30 heavy (non-hydrogen) atoms. The number of hydrogen-bond donors (Lipinski definition) is 2. The molecule has 0 saturated carbocycles. The van der Waals surface area contributed by atoms with Crippen molar-refractivity contribution >= 4 is 5.96 Å². The first-order valence-electron chi connectivity index (χ1n) is 10.8. The monoisotopic (exact) mass is 411 g/mol. The number of pyridine rings is 1. The maximum Gasteiger partial charge on any atom is 0.224 e. The molecule has 3 N–H and O–H groups in total. The van der Waals surface area contributed by atoms with Crippen LogP contribution in [0.1, 0.15) is 38.7 Å². The van der Waals surface area contributed by atoms with Crippen molar-refractivity contribution in [3.05, 3.63) is 48.2 Å². The molecule has 0 amide bonds. The van der Waals surface area contributed by atoms with Gasteiger partial charge in [-0.3, -0.25) is 4.90 Å². The number of benzene rings is 1. The summed E-state index contributed by atoms with van der Waals surface area (Å²) in [6.45, 7) is 8.46. The summed E-state index contributed by atoms with van der Waals surface area (Å²) in [7, 11) is 0. The first-order valence-corrected chi connectivity index (χ1v) is 10.8. The number of likely N-dealkylation sites (N-methyl/N-ethyl adjacent to an activating group) is 1. The Kier molecular flexibility index (Phi) is 8.32. The lowest BCUT2D eigenvalue weighted by Gasteiger charge is -2.23. The van der Waals surface area contributed by atoms with E-state index in [1.54, 1.807) is 6.20 Å². The molecule has 0 spiro atoms. The fourth-order valence-corrected chi connectivity index (χ4v) is 3.56. The summed E-state index contributed by atoms with van der Waals surface area (Å²) in [5.74, 6) is 2.52. The molecule has 7 nitrogen and oxygen atoms in total. The molecule has 0 bridgehead atoms. The number of aliphatic imine (C=N–C) groups is 1. The van der Waals surface area contributed by atoms with Crippen LogP contribution in [0.4, 0.5) is 0 Å². The van der Waals surface area contributed by atoms with Crippen molar-refractivity contribution in [1.82, 2.24) is 15.2 Å². The Morgan fingerprint density at radius 2 is 2.03 bits per heavy atom. The van der Waals surface area contributed by atoms with Gasteiger partial charge in [0.05, 0.1) is 13.2 Å². The zero-order valence-corrected chi connectivity index (χ0v) is 18.0. The summed E-state index contributed by atoms with van der Waals surface area (Å²) in [4.78, 5) is 11.3. The number of hydrogen-bond acceptors (Lipinski definition) is 5. The van der Waals surface area contributed by atoms with Crippen LogP contribution in [-0.2, 0) is 6.54 Å². The Bertz CT molecular complexity index is 809. The molecular weight excluding hydrogens is 378 g/mol. The van der Waals surface area contributed by atoms with E-state index in [2.05, 4.69) is 34.0 Å². The molecule has 1 unspecified atom stereocenters. The standard InChI is InChI=1S/C23H33N5O2/c1-3-15-29-20-9-11-21(12-10-20)30-22-18(7-5-13-25-22)16-26-23(24)27-17-19-8-6-14-28(19)4-2/h5,7,9-13,19H,3-4,6,8,14-17H2,1-2H3,(H3,24,26,27). The van der Waals surface area contributed by atoms with Crippen molar-refractivity contribution in [3.63, 3.8) is 0 Å². The number of nitrogens with two attached hydrogens (primary N) is 1. The Morgan fingerprint density at radius 1 is 1.23 bits per heavy atom. The van der Waals surface area contributed by atoms with Crippen molar-refractivity contribution in [2.45, 2.75) is 45.7 Å². The Morgan fingerprint density at radius 3 is 2.80 bits per heavy atom. The molecule has 1 aliphatic rings. The van der Waals surface area contributed by atoms with E-state index < -0.39 is 0 Å². The largest absolute Gasteiger partial charge is 0.494 e. The average Bonchev–Trinajstić information content (AvgIpc) is 3.24. The van der Waals surface area contributed by atoms with Gasteiger partial charge in [-0.15, -0.1) is 0 Å². The zero-order chi connectivity index (χ0) is 21.2.